The number of hydrogen-bond acceptors (Lipinski definition) is 3. The fraction of sp³-hybridized carbons (Fsp3) is 0.364. The molecule has 0 aliphatic carbocycles. The summed E-state index contributed by atoms with van der Waals surface area (Å²) < 4.78 is 28.5. The van der Waals surface area contributed by atoms with Crippen LogP contribution in [0.3, 0.4) is 0 Å². The van der Waals surface area contributed by atoms with E-state index in [0.717, 1.165) is 11.8 Å². The molecule has 1 aromatic carbocycles. The van der Waals surface area contributed by atoms with Crippen molar-refractivity contribution in [2.24, 2.45) is 0 Å². The maximum Gasteiger partial charge on any atom is 0.201 e. The van der Waals surface area contributed by atoms with Gasteiger partial charge in [0.2, 0.25) is 5.95 Å². The highest BCUT2D eigenvalue weighted by molar-refractivity contribution is 7.98. The van der Waals surface area contributed by atoms with E-state index in [1.165, 1.54) is 6.07 Å². The molecule has 0 amide bonds. The number of nitrogens with two attached hydrogens (primary N) is 1. The number of fused-ring (bicyclic) bond motifs is 1. The number of anilines is 1. The molecule has 1 aromatic heterocycles. The third-order valence-electron chi connectivity index (χ3n) is 2.62. The monoisotopic (exact) mass is 257 g/mol. The zero-order chi connectivity index (χ0) is 12.6. The average Bonchev–Trinajstić information content (AvgIpc) is 2.61. The molecule has 0 radical (unpaired) electrons. The third kappa shape index (κ3) is 1.97. The Morgan fingerprint density at radius 3 is 2.82 bits per heavy atom. The Bertz CT molecular complexity index is 553. The number of imidazole rings is 1. The van der Waals surface area contributed by atoms with Crippen LogP contribution in [0, 0.1) is 11.6 Å². The van der Waals surface area contributed by atoms with Crippen LogP contribution in [-0.2, 0) is 0 Å². The van der Waals surface area contributed by atoms with Gasteiger partial charge in [0.1, 0.15) is 5.52 Å². The summed E-state index contributed by atoms with van der Waals surface area (Å²) in [6, 6.07) is 2.46. The van der Waals surface area contributed by atoms with E-state index in [1.807, 2.05) is 13.2 Å². The molecule has 0 saturated carbocycles. The van der Waals surface area contributed by atoms with Gasteiger partial charge in [-0.2, -0.15) is 11.8 Å². The minimum Gasteiger partial charge on any atom is -0.369 e. The molecule has 0 aliphatic rings. The Balaban J connectivity index is 2.68. The van der Waals surface area contributed by atoms with Crippen LogP contribution in [0.4, 0.5) is 14.7 Å². The van der Waals surface area contributed by atoms with Gasteiger partial charge in [-0.3, -0.25) is 0 Å². The number of nitrogen functional groups attached to an aromatic ring is 1. The zero-order valence-corrected chi connectivity index (χ0v) is 10.4. The lowest BCUT2D eigenvalue weighted by Gasteiger charge is -2.14. The molecule has 0 bridgehead atoms. The highest BCUT2D eigenvalue weighted by Crippen LogP contribution is 2.27. The molecular weight excluding hydrogens is 244 g/mol. The summed E-state index contributed by atoms with van der Waals surface area (Å²) in [5.41, 5.74) is 6.28. The fourth-order valence-electron chi connectivity index (χ4n) is 1.90. The number of hydrogen-bond donors (Lipinski definition) is 1. The van der Waals surface area contributed by atoms with Gasteiger partial charge in [-0.1, -0.05) is 0 Å². The van der Waals surface area contributed by atoms with Crippen molar-refractivity contribution in [3.63, 3.8) is 0 Å². The smallest absolute Gasteiger partial charge is 0.201 e. The molecule has 2 rings (SSSR count). The number of benzene rings is 1. The average molecular weight is 257 g/mol. The second-order valence-corrected chi connectivity index (χ2v) is 4.78. The second-order valence-electron chi connectivity index (χ2n) is 3.87. The first kappa shape index (κ1) is 12.2. The molecule has 1 heterocycles. The van der Waals surface area contributed by atoms with Gasteiger partial charge < -0.3 is 10.3 Å². The number of nitrogens with zero attached hydrogens (tertiary/aromatic N) is 2. The summed E-state index contributed by atoms with van der Waals surface area (Å²) in [6.45, 7) is 1.90. The molecule has 3 nitrogen and oxygen atoms in total. The van der Waals surface area contributed by atoms with Crippen LogP contribution in [0.2, 0.25) is 0 Å². The van der Waals surface area contributed by atoms with E-state index >= 15 is 0 Å². The third-order valence-corrected chi connectivity index (χ3v) is 3.43. The van der Waals surface area contributed by atoms with Crippen molar-refractivity contribution >= 4 is 28.7 Å². The van der Waals surface area contributed by atoms with Gasteiger partial charge >= 0.3 is 0 Å². The van der Waals surface area contributed by atoms with Crippen LogP contribution in [0.15, 0.2) is 12.1 Å². The summed E-state index contributed by atoms with van der Waals surface area (Å²) in [7, 11) is 0. The highest BCUT2D eigenvalue weighted by atomic mass is 32.2. The summed E-state index contributed by atoms with van der Waals surface area (Å²) in [6.07, 6.45) is 1.95. The number of halogens is 2. The zero-order valence-electron chi connectivity index (χ0n) is 9.58. The highest BCUT2D eigenvalue weighted by Gasteiger charge is 2.19. The SMILES string of the molecule is CSCC(C)n1c(N)nc2ccc(F)c(F)c21. The standard InChI is InChI=1S/C11H13F2N3S/c1-6(5-17-2)16-10-8(15-11(16)14)4-3-7(12)9(10)13/h3-4,6H,5H2,1-2H3,(H2,14,15). The van der Waals surface area contributed by atoms with Crippen molar-refractivity contribution in [1.29, 1.82) is 0 Å². The van der Waals surface area contributed by atoms with Crippen LogP contribution >= 0.6 is 11.8 Å². The van der Waals surface area contributed by atoms with Crippen molar-refractivity contribution in [3.8, 4) is 0 Å². The van der Waals surface area contributed by atoms with Crippen molar-refractivity contribution < 1.29 is 8.78 Å². The number of rotatable bonds is 3. The number of aromatic nitrogens is 2. The lowest BCUT2D eigenvalue weighted by Crippen LogP contribution is -2.11. The van der Waals surface area contributed by atoms with Crippen molar-refractivity contribution in [1.82, 2.24) is 9.55 Å². The first-order valence-corrected chi connectivity index (χ1v) is 6.56. The van der Waals surface area contributed by atoms with Gasteiger partial charge in [0.05, 0.1) is 5.52 Å². The molecule has 92 valence electrons. The van der Waals surface area contributed by atoms with Crippen LogP contribution in [0.5, 0.6) is 0 Å². The van der Waals surface area contributed by atoms with E-state index in [0.29, 0.717) is 5.52 Å². The molecule has 0 fully saturated rings. The summed E-state index contributed by atoms with van der Waals surface area (Å²) >= 11 is 1.61. The number of thioether (sulfide) groups is 1. The molecule has 0 saturated heterocycles. The maximum absolute atomic E-state index is 13.8. The van der Waals surface area contributed by atoms with E-state index in [1.54, 1.807) is 16.3 Å². The topological polar surface area (TPSA) is 43.8 Å². The Labute approximate surface area is 102 Å². The van der Waals surface area contributed by atoms with Crippen molar-refractivity contribution in [2.75, 3.05) is 17.7 Å². The van der Waals surface area contributed by atoms with Crippen LogP contribution in [-0.4, -0.2) is 21.6 Å². The Morgan fingerprint density at radius 2 is 2.18 bits per heavy atom. The normalized spacial score (nSPS) is 13.2. The summed E-state index contributed by atoms with van der Waals surface area (Å²) in [4.78, 5) is 4.04. The van der Waals surface area contributed by atoms with E-state index in [-0.39, 0.29) is 17.5 Å². The Hall–Kier alpha value is -1.30. The first-order valence-electron chi connectivity index (χ1n) is 5.16. The van der Waals surface area contributed by atoms with Gasteiger partial charge in [0.15, 0.2) is 11.6 Å². The molecule has 2 aromatic rings. The van der Waals surface area contributed by atoms with Crippen LogP contribution in [0.1, 0.15) is 13.0 Å². The van der Waals surface area contributed by atoms with Gasteiger partial charge in [-0.05, 0) is 25.3 Å². The lowest BCUT2D eigenvalue weighted by atomic mass is 10.2. The Kier molecular flexibility index (Phi) is 3.24. The lowest BCUT2D eigenvalue weighted by molar-refractivity contribution is 0.508. The predicted molar refractivity (Wildman–Crippen MR) is 67.2 cm³/mol. The van der Waals surface area contributed by atoms with Gasteiger partial charge in [-0.25, -0.2) is 13.8 Å². The fourth-order valence-corrected chi connectivity index (χ4v) is 2.53. The molecule has 17 heavy (non-hydrogen) atoms. The summed E-state index contributed by atoms with van der Waals surface area (Å²) in [5, 5.41) is 0. The minimum absolute atomic E-state index is 0.0358. The van der Waals surface area contributed by atoms with Gasteiger partial charge in [-0.15, -0.1) is 0 Å². The molecular formula is C11H13F2N3S. The van der Waals surface area contributed by atoms with E-state index < -0.39 is 11.6 Å². The predicted octanol–water partition coefficient (Wildman–Crippen LogP) is 2.82. The molecule has 0 aliphatic heterocycles. The van der Waals surface area contributed by atoms with Crippen molar-refractivity contribution in [3.05, 3.63) is 23.8 Å². The van der Waals surface area contributed by atoms with Crippen LogP contribution < -0.4 is 5.73 Å². The van der Waals surface area contributed by atoms with Gasteiger partial charge in [0, 0.05) is 11.8 Å². The molecule has 6 heteroatoms. The van der Waals surface area contributed by atoms with E-state index in [9.17, 15) is 8.78 Å². The summed E-state index contributed by atoms with van der Waals surface area (Å²) in [5.74, 6) is -0.799. The Morgan fingerprint density at radius 1 is 1.47 bits per heavy atom. The largest absolute Gasteiger partial charge is 0.369 e. The first-order chi connectivity index (χ1) is 8.06. The molecule has 1 atom stereocenters. The quantitative estimate of drug-likeness (QED) is 0.919. The van der Waals surface area contributed by atoms with Crippen molar-refractivity contribution in [2.45, 2.75) is 13.0 Å². The molecule has 0 spiro atoms. The van der Waals surface area contributed by atoms with E-state index in [4.69, 9.17) is 5.73 Å². The molecule has 2 N–H and O–H groups in total. The minimum atomic E-state index is -0.889. The van der Waals surface area contributed by atoms with E-state index in [2.05, 4.69) is 4.98 Å². The second kappa shape index (κ2) is 4.52. The van der Waals surface area contributed by atoms with Gasteiger partial charge in [0.25, 0.3) is 0 Å². The molecule has 1 unspecified atom stereocenters. The maximum atomic E-state index is 13.8. The van der Waals surface area contributed by atoms with Crippen LogP contribution in [0.25, 0.3) is 11.0 Å².